The highest BCUT2D eigenvalue weighted by Gasteiger charge is 2.40. The summed E-state index contributed by atoms with van der Waals surface area (Å²) in [6, 6.07) is 0.326. The predicted molar refractivity (Wildman–Crippen MR) is 106 cm³/mol. The number of carbonyl (C=O) groups excluding carboxylic acids is 3. The molecule has 3 amide bonds. The van der Waals surface area contributed by atoms with Gasteiger partial charge in [-0.25, -0.2) is 0 Å². The Labute approximate surface area is 168 Å². The van der Waals surface area contributed by atoms with Crippen molar-refractivity contribution >= 4 is 30.1 Å². The molecule has 0 saturated carbocycles. The number of amides is 3. The summed E-state index contributed by atoms with van der Waals surface area (Å²) in [5.74, 6) is 0.109. The van der Waals surface area contributed by atoms with Gasteiger partial charge < -0.3 is 20.0 Å². The molecule has 3 fully saturated rings. The van der Waals surface area contributed by atoms with Gasteiger partial charge in [0, 0.05) is 51.2 Å². The van der Waals surface area contributed by atoms with E-state index in [2.05, 4.69) is 19.2 Å². The van der Waals surface area contributed by atoms with E-state index in [0.717, 1.165) is 45.3 Å². The lowest BCUT2D eigenvalue weighted by molar-refractivity contribution is -0.142. The van der Waals surface area contributed by atoms with Crippen LogP contribution < -0.4 is 5.32 Å². The van der Waals surface area contributed by atoms with Crippen LogP contribution in [0.25, 0.3) is 0 Å². The molecule has 3 aliphatic rings. The number of nitrogens with one attached hydrogen (secondary N) is 1. The molecule has 8 heteroatoms. The zero-order valence-electron chi connectivity index (χ0n) is 16.5. The fourth-order valence-corrected chi connectivity index (χ4v) is 4.57. The standard InChI is InChI=1S/C19H32N4O3.ClH/c1-3-5-14(2)23-12-15(10-17(23)24)19(26)21-8-4-6-16(13-21)22-9-7-20-11-18(22)25;/h14-16,20H,3-13H2,1-2H3;1H. The second-order valence-electron chi connectivity index (χ2n) is 7.93. The summed E-state index contributed by atoms with van der Waals surface area (Å²) in [7, 11) is 0. The van der Waals surface area contributed by atoms with Crippen molar-refractivity contribution in [3.8, 4) is 0 Å². The number of rotatable bonds is 5. The number of halogens is 1. The van der Waals surface area contributed by atoms with Crippen LogP contribution in [0.4, 0.5) is 0 Å². The molecule has 3 heterocycles. The van der Waals surface area contributed by atoms with Crippen molar-refractivity contribution in [1.29, 1.82) is 0 Å². The van der Waals surface area contributed by atoms with Gasteiger partial charge in [-0.15, -0.1) is 12.4 Å². The van der Waals surface area contributed by atoms with Gasteiger partial charge in [-0.05, 0) is 26.2 Å². The van der Waals surface area contributed by atoms with Gasteiger partial charge in [0.2, 0.25) is 17.7 Å². The zero-order valence-corrected chi connectivity index (χ0v) is 17.3. The highest BCUT2D eigenvalue weighted by Crippen LogP contribution is 2.26. The van der Waals surface area contributed by atoms with Crippen LogP contribution in [-0.2, 0) is 14.4 Å². The molecule has 0 aromatic carbocycles. The highest BCUT2D eigenvalue weighted by molar-refractivity contribution is 5.89. The first-order chi connectivity index (χ1) is 12.5. The molecular weight excluding hydrogens is 368 g/mol. The Morgan fingerprint density at radius 1 is 1.22 bits per heavy atom. The largest absolute Gasteiger partial charge is 0.340 e. The number of likely N-dealkylation sites (tertiary alicyclic amines) is 2. The van der Waals surface area contributed by atoms with Crippen molar-refractivity contribution in [2.45, 2.75) is 58.0 Å². The smallest absolute Gasteiger partial charge is 0.236 e. The average Bonchev–Trinajstić information content (AvgIpc) is 3.03. The molecular formula is C19H33ClN4O3. The molecule has 3 unspecified atom stereocenters. The van der Waals surface area contributed by atoms with E-state index >= 15 is 0 Å². The number of carbonyl (C=O) groups is 3. The molecule has 3 aliphatic heterocycles. The van der Waals surface area contributed by atoms with E-state index in [0.29, 0.717) is 26.1 Å². The van der Waals surface area contributed by atoms with E-state index in [-0.39, 0.29) is 48.1 Å². The molecule has 3 atom stereocenters. The van der Waals surface area contributed by atoms with Gasteiger partial charge in [-0.1, -0.05) is 13.3 Å². The lowest BCUT2D eigenvalue weighted by atomic mass is 10.00. The molecule has 0 bridgehead atoms. The molecule has 0 spiro atoms. The number of piperazine rings is 1. The third-order valence-electron chi connectivity index (χ3n) is 6.02. The van der Waals surface area contributed by atoms with Crippen molar-refractivity contribution in [3.63, 3.8) is 0 Å². The molecule has 0 aromatic rings. The van der Waals surface area contributed by atoms with Gasteiger partial charge in [0.25, 0.3) is 0 Å². The van der Waals surface area contributed by atoms with E-state index in [9.17, 15) is 14.4 Å². The topological polar surface area (TPSA) is 73.0 Å². The molecule has 0 aromatic heterocycles. The molecule has 3 rings (SSSR count). The summed E-state index contributed by atoms with van der Waals surface area (Å²) in [5.41, 5.74) is 0. The van der Waals surface area contributed by atoms with Gasteiger partial charge in [-0.3, -0.25) is 14.4 Å². The summed E-state index contributed by atoms with van der Waals surface area (Å²) in [5, 5.41) is 3.10. The van der Waals surface area contributed by atoms with Crippen LogP contribution in [0.5, 0.6) is 0 Å². The van der Waals surface area contributed by atoms with Gasteiger partial charge in [-0.2, -0.15) is 0 Å². The summed E-state index contributed by atoms with van der Waals surface area (Å²) in [6.07, 6.45) is 4.23. The Bertz CT molecular complexity index is 559. The number of nitrogens with zero attached hydrogens (tertiary/aromatic N) is 3. The first-order valence-electron chi connectivity index (χ1n) is 10.1. The first kappa shape index (κ1) is 22.0. The second-order valence-corrected chi connectivity index (χ2v) is 7.93. The SMILES string of the molecule is CCCC(C)N1CC(C(=O)N2CCCC(N3CCNCC3=O)C2)CC1=O.Cl. The Morgan fingerprint density at radius 3 is 2.70 bits per heavy atom. The summed E-state index contributed by atoms with van der Waals surface area (Å²) in [6.45, 7) is 8.02. The Morgan fingerprint density at radius 2 is 2.00 bits per heavy atom. The van der Waals surface area contributed by atoms with Crippen molar-refractivity contribution in [1.82, 2.24) is 20.0 Å². The Hall–Kier alpha value is -1.34. The van der Waals surface area contributed by atoms with E-state index in [1.165, 1.54) is 0 Å². The minimum atomic E-state index is -0.223. The predicted octanol–water partition coefficient (Wildman–Crippen LogP) is 0.868. The average molecular weight is 401 g/mol. The van der Waals surface area contributed by atoms with Crippen LogP contribution >= 0.6 is 12.4 Å². The van der Waals surface area contributed by atoms with Gasteiger partial charge in [0.05, 0.1) is 12.5 Å². The van der Waals surface area contributed by atoms with Gasteiger partial charge in [0.15, 0.2) is 0 Å². The molecule has 1 N–H and O–H groups in total. The van der Waals surface area contributed by atoms with Crippen LogP contribution in [0.15, 0.2) is 0 Å². The Kier molecular flexibility index (Phi) is 7.91. The van der Waals surface area contributed by atoms with E-state index < -0.39 is 0 Å². The maximum atomic E-state index is 13.0. The normalized spacial score (nSPS) is 27.6. The van der Waals surface area contributed by atoms with Gasteiger partial charge in [0.1, 0.15) is 0 Å². The fourth-order valence-electron chi connectivity index (χ4n) is 4.57. The molecule has 27 heavy (non-hydrogen) atoms. The maximum absolute atomic E-state index is 13.0. The van der Waals surface area contributed by atoms with E-state index in [1.807, 2.05) is 14.7 Å². The monoisotopic (exact) mass is 400 g/mol. The van der Waals surface area contributed by atoms with Crippen LogP contribution in [0.2, 0.25) is 0 Å². The third-order valence-corrected chi connectivity index (χ3v) is 6.02. The number of piperidine rings is 1. The molecule has 0 aliphatic carbocycles. The number of hydrogen-bond donors (Lipinski definition) is 1. The van der Waals surface area contributed by atoms with Crippen LogP contribution in [0.1, 0.15) is 46.0 Å². The molecule has 0 radical (unpaired) electrons. The van der Waals surface area contributed by atoms with Crippen LogP contribution in [-0.4, -0.2) is 83.8 Å². The fraction of sp³-hybridized carbons (Fsp3) is 0.842. The number of hydrogen-bond acceptors (Lipinski definition) is 4. The van der Waals surface area contributed by atoms with Crippen molar-refractivity contribution < 1.29 is 14.4 Å². The minimum absolute atomic E-state index is 0. The maximum Gasteiger partial charge on any atom is 0.236 e. The van der Waals surface area contributed by atoms with Gasteiger partial charge >= 0.3 is 0 Å². The zero-order chi connectivity index (χ0) is 18.7. The quantitative estimate of drug-likeness (QED) is 0.743. The second kappa shape index (κ2) is 9.73. The van der Waals surface area contributed by atoms with Crippen LogP contribution in [0.3, 0.4) is 0 Å². The lowest BCUT2D eigenvalue weighted by Gasteiger charge is -2.41. The summed E-state index contributed by atoms with van der Waals surface area (Å²) >= 11 is 0. The first-order valence-corrected chi connectivity index (χ1v) is 10.1. The molecule has 154 valence electrons. The summed E-state index contributed by atoms with van der Waals surface area (Å²) in [4.78, 5) is 43.2. The molecule has 3 saturated heterocycles. The highest BCUT2D eigenvalue weighted by atomic mass is 35.5. The summed E-state index contributed by atoms with van der Waals surface area (Å²) < 4.78 is 0. The molecule has 7 nitrogen and oxygen atoms in total. The lowest BCUT2D eigenvalue weighted by Crippen LogP contribution is -2.58. The Balaban J connectivity index is 0.00000261. The van der Waals surface area contributed by atoms with E-state index in [4.69, 9.17) is 0 Å². The van der Waals surface area contributed by atoms with Crippen molar-refractivity contribution in [2.75, 3.05) is 39.3 Å². The van der Waals surface area contributed by atoms with Crippen LogP contribution in [0, 0.1) is 5.92 Å². The van der Waals surface area contributed by atoms with E-state index in [1.54, 1.807) is 0 Å². The minimum Gasteiger partial charge on any atom is -0.340 e. The third kappa shape index (κ3) is 4.93. The van der Waals surface area contributed by atoms with Crippen molar-refractivity contribution in [3.05, 3.63) is 0 Å². The van der Waals surface area contributed by atoms with Crippen molar-refractivity contribution in [2.24, 2.45) is 5.92 Å².